The van der Waals surface area contributed by atoms with Crippen LogP contribution >= 0.6 is 0 Å². The van der Waals surface area contributed by atoms with Gasteiger partial charge in [0.25, 0.3) is 0 Å². The SMILES string of the molecule is CCC(C)(CC)n1ccc2c1CCCC2O. The van der Waals surface area contributed by atoms with Crippen molar-refractivity contribution >= 4 is 0 Å². The zero-order valence-electron chi connectivity index (χ0n) is 10.7. The third-order valence-corrected chi connectivity index (χ3v) is 4.38. The van der Waals surface area contributed by atoms with Gasteiger partial charge in [-0.2, -0.15) is 0 Å². The zero-order chi connectivity index (χ0) is 11.8. The summed E-state index contributed by atoms with van der Waals surface area (Å²) in [6.45, 7) is 6.80. The number of aromatic nitrogens is 1. The van der Waals surface area contributed by atoms with Gasteiger partial charge in [-0.3, -0.25) is 0 Å². The van der Waals surface area contributed by atoms with Gasteiger partial charge in [0.1, 0.15) is 0 Å². The van der Waals surface area contributed by atoms with Gasteiger partial charge in [0.2, 0.25) is 0 Å². The number of aliphatic hydroxyl groups excluding tert-OH is 1. The first-order chi connectivity index (χ1) is 7.62. The van der Waals surface area contributed by atoms with E-state index in [1.807, 2.05) is 0 Å². The van der Waals surface area contributed by atoms with Crippen molar-refractivity contribution in [2.75, 3.05) is 0 Å². The second-order valence-corrected chi connectivity index (χ2v) is 5.20. The lowest BCUT2D eigenvalue weighted by Gasteiger charge is -2.33. The predicted octanol–water partition coefficient (Wildman–Crippen LogP) is 3.39. The first kappa shape index (κ1) is 11.7. The summed E-state index contributed by atoms with van der Waals surface area (Å²) in [6.07, 6.45) is 7.37. The maximum Gasteiger partial charge on any atom is 0.0807 e. The monoisotopic (exact) mass is 221 g/mol. The fourth-order valence-corrected chi connectivity index (χ4v) is 2.76. The molecule has 1 aromatic heterocycles. The molecule has 2 heteroatoms. The molecular formula is C14H23NO. The Balaban J connectivity index is 2.43. The maximum absolute atomic E-state index is 9.97. The van der Waals surface area contributed by atoms with E-state index in [9.17, 15) is 5.11 Å². The van der Waals surface area contributed by atoms with Crippen molar-refractivity contribution in [3.8, 4) is 0 Å². The number of nitrogens with zero attached hydrogens (tertiary/aromatic N) is 1. The van der Waals surface area contributed by atoms with Crippen LogP contribution in [0, 0.1) is 0 Å². The Labute approximate surface area is 98.3 Å². The van der Waals surface area contributed by atoms with Gasteiger partial charge in [-0.05, 0) is 45.1 Å². The molecule has 1 unspecified atom stereocenters. The lowest BCUT2D eigenvalue weighted by atomic mass is 9.91. The van der Waals surface area contributed by atoms with Crippen molar-refractivity contribution in [3.63, 3.8) is 0 Å². The van der Waals surface area contributed by atoms with Crippen LogP contribution in [0.1, 0.15) is 63.8 Å². The van der Waals surface area contributed by atoms with Gasteiger partial charge < -0.3 is 9.67 Å². The van der Waals surface area contributed by atoms with Crippen molar-refractivity contribution in [2.45, 2.75) is 64.5 Å². The predicted molar refractivity (Wildman–Crippen MR) is 66.6 cm³/mol. The summed E-state index contributed by atoms with van der Waals surface area (Å²) >= 11 is 0. The standard InChI is InChI=1S/C14H23NO/c1-4-14(3,5-2)15-10-9-11-12(15)7-6-8-13(11)16/h9-10,13,16H,4-8H2,1-3H3. The summed E-state index contributed by atoms with van der Waals surface area (Å²) in [5.74, 6) is 0. The molecule has 1 aliphatic rings. The molecule has 0 saturated heterocycles. The molecule has 0 radical (unpaired) electrons. The average Bonchev–Trinajstić information content (AvgIpc) is 2.74. The minimum absolute atomic E-state index is 0.213. The van der Waals surface area contributed by atoms with Crippen LogP contribution in [0.4, 0.5) is 0 Å². The first-order valence-electron chi connectivity index (χ1n) is 6.51. The van der Waals surface area contributed by atoms with E-state index in [1.165, 1.54) is 11.3 Å². The van der Waals surface area contributed by atoms with E-state index in [4.69, 9.17) is 0 Å². The van der Waals surface area contributed by atoms with Gasteiger partial charge >= 0.3 is 0 Å². The molecule has 0 aromatic carbocycles. The summed E-state index contributed by atoms with van der Waals surface area (Å²) in [4.78, 5) is 0. The molecule has 0 bridgehead atoms. The van der Waals surface area contributed by atoms with Crippen LogP contribution in [-0.2, 0) is 12.0 Å². The largest absolute Gasteiger partial charge is 0.388 e. The van der Waals surface area contributed by atoms with Gasteiger partial charge in [-0.1, -0.05) is 13.8 Å². The van der Waals surface area contributed by atoms with Gasteiger partial charge in [-0.25, -0.2) is 0 Å². The van der Waals surface area contributed by atoms with E-state index in [0.717, 1.165) is 32.1 Å². The van der Waals surface area contributed by atoms with Gasteiger partial charge in [0.05, 0.1) is 6.10 Å². The highest BCUT2D eigenvalue weighted by Gasteiger charge is 2.28. The highest BCUT2D eigenvalue weighted by molar-refractivity contribution is 5.28. The molecule has 0 spiro atoms. The molecule has 0 amide bonds. The number of hydrogen-bond acceptors (Lipinski definition) is 1. The summed E-state index contributed by atoms with van der Waals surface area (Å²) < 4.78 is 2.41. The Kier molecular flexibility index (Phi) is 3.11. The molecule has 90 valence electrons. The van der Waals surface area contributed by atoms with Crippen LogP contribution in [-0.4, -0.2) is 9.67 Å². The molecule has 0 fully saturated rings. The van der Waals surface area contributed by atoms with E-state index in [2.05, 4.69) is 37.6 Å². The Morgan fingerprint density at radius 3 is 2.75 bits per heavy atom. The van der Waals surface area contributed by atoms with E-state index in [-0.39, 0.29) is 11.6 Å². The number of fused-ring (bicyclic) bond motifs is 1. The highest BCUT2D eigenvalue weighted by atomic mass is 16.3. The van der Waals surface area contributed by atoms with E-state index in [1.54, 1.807) is 0 Å². The first-order valence-corrected chi connectivity index (χ1v) is 6.51. The molecule has 2 rings (SSSR count). The molecule has 1 heterocycles. The quantitative estimate of drug-likeness (QED) is 0.831. The Hall–Kier alpha value is -0.760. The lowest BCUT2D eigenvalue weighted by Crippen LogP contribution is -2.30. The van der Waals surface area contributed by atoms with E-state index < -0.39 is 0 Å². The zero-order valence-corrected chi connectivity index (χ0v) is 10.7. The molecule has 1 atom stereocenters. The molecule has 1 aromatic rings. The van der Waals surface area contributed by atoms with E-state index in [0.29, 0.717) is 0 Å². The lowest BCUT2D eigenvalue weighted by molar-refractivity contribution is 0.153. The Morgan fingerprint density at radius 2 is 2.12 bits per heavy atom. The molecule has 1 N–H and O–H groups in total. The molecule has 0 aliphatic heterocycles. The molecule has 2 nitrogen and oxygen atoms in total. The second kappa shape index (κ2) is 4.25. The van der Waals surface area contributed by atoms with Crippen molar-refractivity contribution in [3.05, 3.63) is 23.5 Å². The Morgan fingerprint density at radius 1 is 1.44 bits per heavy atom. The van der Waals surface area contributed by atoms with Gasteiger partial charge in [0, 0.05) is 23.0 Å². The number of rotatable bonds is 3. The van der Waals surface area contributed by atoms with Crippen molar-refractivity contribution in [2.24, 2.45) is 0 Å². The van der Waals surface area contributed by atoms with Crippen LogP contribution < -0.4 is 0 Å². The summed E-state index contributed by atoms with van der Waals surface area (Å²) in [7, 11) is 0. The third-order valence-electron chi connectivity index (χ3n) is 4.38. The smallest absolute Gasteiger partial charge is 0.0807 e. The van der Waals surface area contributed by atoms with Crippen molar-refractivity contribution < 1.29 is 5.11 Å². The second-order valence-electron chi connectivity index (χ2n) is 5.20. The van der Waals surface area contributed by atoms with E-state index >= 15 is 0 Å². The van der Waals surface area contributed by atoms with Crippen LogP contribution in [0.3, 0.4) is 0 Å². The summed E-state index contributed by atoms with van der Waals surface area (Å²) in [5, 5.41) is 9.97. The minimum Gasteiger partial charge on any atom is -0.388 e. The Bertz CT molecular complexity index is 363. The molecular weight excluding hydrogens is 198 g/mol. The fraction of sp³-hybridized carbons (Fsp3) is 0.714. The molecule has 16 heavy (non-hydrogen) atoms. The topological polar surface area (TPSA) is 25.2 Å². The van der Waals surface area contributed by atoms with Crippen LogP contribution in [0.2, 0.25) is 0 Å². The van der Waals surface area contributed by atoms with Crippen LogP contribution in [0.25, 0.3) is 0 Å². The average molecular weight is 221 g/mol. The summed E-state index contributed by atoms with van der Waals surface area (Å²) in [6, 6.07) is 2.11. The normalized spacial score (nSPS) is 20.9. The summed E-state index contributed by atoms with van der Waals surface area (Å²) in [5.41, 5.74) is 2.74. The minimum atomic E-state index is -0.233. The van der Waals surface area contributed by atoms with Gasteiger partial charge in [0.15, 0.2) is 0 Å². The highest BCUT2D eigenvalue weighted by Crippen LogP contribution is 2.35. The molecule has 0 saturated carbocycles. The maximum atomic E-state index is 9.97. The number of aliphatic hydroxyl groups is 1. The van der Waals surface area contributed by atoms with Crippen LogP contribution in [0.15, 0.2) is 12.3 Å². The third kappa shape index (κ3) is 1.69. The van der Waals surface area contributed by atoms with Crippen molar-refractivity contribution in [1.82, 2.24) is 4.57 Å². The number of hydrogen-bond donors (Lipinski definition) is 1. The molecule has 1 aliphatic carbocycles. The van der Waals surface area contributed by atoms with Gasteiger partial charge in [-0.15, -0.1) is 0 Å². The van der Waals surface area contributed by atoms with Crippen LogP contribution in [0.5, 0.6) is 0 Å². The fourth-order valence-electron chi connectivity index (χ4n) is 2.76. The van der Waals surface area contributed by atoms with Crippen molar-refractivity contribution in [1.29, 1.82) is 0 Å².